The highest BCUT2D eigenvalue weighted by molar-refractivity contribution is 5.88. The van der Waals surface area contributed by atoms with E-state index in [0.29, 0.717) is 12.1 Å². The summed E-state index contributed by atoms with van der Waals surface area (Å²) in [7, 11) is 1.33. The normalized spacial score (nSPS) is 16.3. The van der Waals surface area contributed by atoms with Crippen molar-refractivity contribution in [1.29, 1.82) is 0 Å². The molecule has 0 amide bonds. The Morgan fingerprint density at radius 1 is 1.42 bits per heavy atom. The van der Waals surface area contributed by atoms with E-state index in [2.05, 4.69) is 4.74 Å². The number of nitrogens with zero attached hydrogens (tertiary/aromatic N) is 1. The van der Waals surface area contributed by atoms with E-state index in [0.717, 1.165) is 32.8 Å². The lowest BCUT2D eigenvalue weighted by atomic mass is 10.3. The fourth-order valence-corrected chi connectivity index (χ4v) is 2.13. The van der Waals surface area contributed by atoms with Gasteiger partial charge in [-0.25, -0.2) is 4.79 Å². The molecule has 0 saturated carbocycles. The van der Waals surface area contributed by atoms with E-state index in [1.54, 1.807) is 10.8 Å². The van der Waals surface area contributed by atoms with Crippen LogP contribution in [0, 0.1) is 0 Å². The summed E-state index contributed by atoms with van der Waals surface area (Å²) in [5.41, 5.74) is 0.305. The highest BCUT2D eigenvalue weighted by Gasteiger charge is 2.14. The van der Waals surface area contributed by atoms with Crippen molar-refractivity contribution in [1.82, 2.24) is 4.57 Å². The van der Waals surface area contributed by atoms with Crippen LogP contribution in [0.15, 0.2) is 23.1 Å². The Morgan fingerprint density at radius 3 is 2.84 bits per heavy atom. The van der Waals surface area contributed by atoms with Crippen molar-refractivity contribution < 1.29 is 19.2 Å². The molecule has 1 aromatic heterocycles. The lowest BCUT2D eigenvalue weighted by molar-refractivity contribution is -0.908. The van der Waals surface area contributed by atoms with Crippen molar-refractivity contribution >= 4 is 5.97 Å². The molecule has 104 valence electrons. The number of carbonyl (C=O) groups is 1. The van der Waals surface area contributed by atoms with E-state index < -0.39 is 5.97 Å². The van der Waals surface area contributed by atoms with Gasteiger partial charge in [0.05, 0.1) is 39.0 Å². The standard InChI is InChI=1S/C13H18N2O4/c1-18-13(17)11-2-3-12(16)15(10-11)5-4-14-6-8-19-9-7-14/h2-3,10H,4-9H2,1H3/p+1. The molecule has 19 heavy (non-hydrogen) atoms. The molecule has 6 nitrogen and oxygen atoms in total. The minimum atomic E-state index is -0.424. The van der Waals surface area contributed by atoms with Crippen molar-refractivity contribution in [2.24, 2.45) is 0 Å². The van der Waals surface area contributed by atoms with Crippen LogP contribution in [0.4, 0.5) is 0 Å². The third-order valence-electron chi connectivity index (χ3n) is 3.31. The monoisotopic (exact) mass is 267 g/mol. The molecule has 2 rings (SSSR count). The molecule has 0 radical (unpaired) electrons. The van der Waals surface area contributed by atoms with Crippen molar-refractivity contribution in [3.63, 3.8) is 0 Å². The van der Waals surface area contributed by atoms with E-state index in [9.17, 15) is 9.59 Å². The molecule has 1 N–H and O–H groups in total. The predicted molar refractivity (Wildman–Crippen MR) is 68.4 cm³/mol. The molecule has 1 aliphatic heterocycles. The number of morpholine rings is 1. The number of methoxy groups -OCH3 is 1. The van der Waals surface area contributed by atoms with E-state index in [1.165, 1.54) is 24.1 Å². The SMILES string of the molecule is COC(=O)c1ccc(=O)n(CC[NH+]2CCOCC2)c1. The van der Waals surface area contributed by atoms with Crippen LogP contribution in [0.5, 0.6) is 0 Å². The average molecular weight is 267 g/mol. The maximum Gasteiger partial charge on any atom is 0.339 e. The zero-order valence-corrected chi connectivity index (χ0v) is 11.1. The lowest BCUT2D eigenvalue weighted by Gasteiger charge is -2.23. The van der Waals surface area contributed by atoms with Gasteiger partial charge in [0, 0.05) is 12.3 Å². The first kappa shape index (κ1) is 13.8. The summed E-state index contributed by atoms with van der Waals surface area (Å²) in [6.45, 7) is 4.92. The van der Waals surface area contributed by atoms with Crippen LogP contribution in [-0.4, -0.2) is 50.5 Å². The van der Waals surface area contributed by atoms with Crippen LogP contribution in [0.1, 0.15) is 10.4 Å². The number of rotatable bonds is 4. The maximum atomic E-state index is 11.7. The Labute approximate surface area is 111 Å². The topological polar surface area (TPSA) is 62.0 Å². The molecule has 0 aliphatic carbocycles. The number of hydrogen-bond donors (Lipinski definition) is 1. The molecule has 1 aliphatic rings. The molecule has 0 spiro atoms. The summed E-state index contributed by atoms with van der Waals surface area (Å²) in [6, 6.07) is 2.90. The van der Waals surface area contributed by atoms with Crippen LogP contribution in [0.3, 0.4) is 0 Å². The van der Waals surface area contributed by atoms with Crippen LogP contribution < -0.4 is 10.5 Å². The quantitative estimate of drug-likeness (QED) is 0.678. The third-order valence-corrected chi connectivity index (χ3v) is 3.31. The van der Waals surface area contributed by atoms with Gasteiger partial charge in [0.2, 0.25) is 0 Å². The van der Waals surface area contributed by atoms with Gasteiger partial charge in [-0.1, -0.05) is 0 Å². The molecular weight excluding hydrogens is 248 g/mol. The second-order valence-corrected chi connectivity index (χ2v) is 4.55. The summed E-state index contributed by atoms with van der Waals surface area (Å²) in [4.78, 5) is 24.6. The minimum absolute atomic E-state index is 0.0969. The molecule has 0 unspecified atom stereocenters. The van der Waals surface area contributed by atoms with Gasteiger partial charge in [0.1, 0.15) is 13.1 Å². The summed E-state index contributed by atoms with van der Waals surface area (Å²) in [5.74, 6) is -0.424. The van der Waals surface area contributed by atoms with Crippen molar-refractivity contribution in [3.8, 4) is 0 Å². The van der Waals surface area contributed by atoms with Gasteiger partial charge < -0.3 is 18.9 Å². The number of aromatic nitrogens is 1. The van der Waals surface area contributed by atoms with E-state index in [-0.39, 0.29) is 5.56 Å². The largest absolute Gasteiger partial charge is 0.465 e. The third kappa shape index (κ3) is 3.65. The predicted octanol–water partition coefficient (Wildman–Crippen LogP) is -1.45. The van der Waals surface area contributed by atoms with Gasteiger partial charge in [0.15, 0.2) is 0 Å². The molecule has 1 aromatic rings. The number of ether oxygens (including phenoxy) is 2. The second kappa shape index (κ2) is 6.49. The first-order chi connectivity index (χ1) is 9.20. The Bertz CT molecular complexity index is 492. The zero-order valence-electron chi connectivity index (χ0n) is 11.1. The Balaban J connectivity index is 2.02. The van der Waals surface area contributed by atoms with Crippen LogP contribution >= 0.6 is 0 Å². The molecular formula is C13H19N2O4+. The fourth-order valence-electron chi connectivity index (χ4n) is 2.13. The van der Waals surface area contributed by atoms with Gasteiger partial charge in [-0.15, -0.1) is 0 Å². The number of esters is 1. The Hall–Kier alpha value is -1.66. The summed E-state index contributed by atoms with van der Waals surface area (Å²) in [5, 5.41) is 0. The summed E-state index contributed by atoms with van der Waals surface area (Å²) >= 11 is 0. The molecule has 2 heterocycles. The van der Waals surface area contributed by atoms with Crippen LogP contribution in [0.25, 0.3) is 0 Å². The molecule has 0 aromatic carbocycles. The van der Waals surface area contributed by atoms with Gasteiger partial charge in [0.25, 0.3) is 5.56 Å². The van der Waals surface area contributed by atoms with E-state index >= 15 is 0 Å². The van der Waals surface area contributed by atoms with E-state index in [1.807, 2.05) is 0 Å². The smallest absolute Gasteiger partial charge is 0.339 e. The number of quaternary nitrogens is 1. The lowest BCUT2D eigenvalue weighted by Crippen LogP contribution is -3.14. The van der Waals surface area contributed by atoms with Crippen molar-refractivity contribution in [2.45, 2.75) is 6.54 Å². The first-order valence-electron chi connectivity index (χ1n) is 6.41. The van der Waals surface area contributed by atoms with Crippen molar-refractivity contribution in [3.05, 3.63) is 34.2 Å². The van der Waals surface area contributed by atoms with Gasteiger partial charge in [-0.2, -0.15) is 0 Å². The molecule has 6 heteroatoms. The maximum absolute atomic E-state index is 11.7. The van der Waals surface area contributed by atoms with Crippen LogP contribution in [0.2, 0.25) is 0 Å². The molecule has 1 saturated heterocycles. The van der Waals surface area contributed by atoms with Crippen LogP contribution in [-0.2, 0) is 16.0 Å². The number of pyridine rings is 1. The molecule has 0 bridgehead atoms. The summed E-state index contributed by atoms with van der Waals surface area (Å²) in [6.07, 6.45) is 1.56. The molecule has 0 atom stereocenters. The number of hydrogen-bond acceptors (Lipinski definition) is 4. The number of nitrogens with one attached hydrogen (secondary N) is 1. The minimum Gasteiger partial charge on any atom is -0.465 e. The zero-order chi connectivity index (χ0) is 13.7. The average Bonchev–Trinajstić information content (AvgIpc) is 2.46. The highest BCUT2D eigenvalue weighted by atomic mass is 16.5. The summed E-state index contributed by atoms with van der Waals surface area (Å²) < 4.78 is 11.5. The van der Waals surface area contributed by atoms with Gasteiger partial charge >= 0.3 is 5.97 Å². The van der Waals surface area contributed by atoms with Gasteiger partial charge in [-0.3, -0.25) is 4.79 Å². The first-order valence-corrected chi connectivity index (χ1v) is 6.41. The Kier molecular flexibility index (Phi) is 4.70. The highest BCUT2D eigenvalue weighted by Crippen LogP contribution is 1.97. The van der Waals surface area contributed by atoms with Gasteiger partial charge in [-0.05, 0) is 6.07 Å². The van der Waals surface area contributed by atoms with Crippen molar-refractivity contribution in [2.75, 3.05) is 40.0 Å². The number of carbonyl (C=O) groups excluding carboxylic acids is 1. The molecule has 1 fully saturated rings. The van der Waals surface area contributed by atoms with E-state index in [4.69, 9.17) is 4.74 Å². The Morgan fingerprint density at radius 2 is 2.16 bits per heavy atom. The fraction of sp³-hybridized carbons (Fsp3) is 0.538. The second-order valence-electron chi connectivity index (χ2n) is 4.55.